The summed E-state index contributed by atoms with van der Waals surface area (Å²) in [6, 6.07) is 12.3. The van der Waals surface area contributed by atoms with Crippen molar-refractivity contribution in [2.75, 3.05) is 0 Å². The van der Waals surface area contributed by atoms with Crippen LogP contribution in [0.4, 0.5) is 0 Å². The number of nitrogens with zero attached hydrogens (tertiary/aromatic N) is 3. The maximum absolute atomic E-state index is 4.89. The highest BCUT2D eigenvalue weighted by Gasteiger charge is 2.16. The van der Waals surface area contributed by atoms with E-state index < -0.39 is 0 Å². The molecule has 5 aromatic rings. The van der Waals surface area contributed by atoms with Gasteiger partial charge in [0.05, 0.1) is 22.2 Å². The lowest BCUT2D eigenvalue weighted by Gasteiger charge is -2.01. The number of thiophene rings is 1. The Kier molecular flexibility index (Phi) is 4.61. The highest BCUT2D eigenvalue weighted by Crippen LogP contribution is 2.32. The highest BCUT2D eigenvalue weighted by atomic mass is 32.1. The average molecular weight is 410 g/mol. The quantitative estimate of drug-likeness (QED) is 0.331. The van der Waals surface area contributed by atoms with E-state index in [0.29, 0.717) is 11.5 Å². The first-order valence-electron chi connectivity index (χ1n) is 9.61. The van der Waals surface area contributed by atoms with Crippen molar-refractivity contribution < 1.29 is 0 Å². The van der Waals surface area contributed by atoms with E-state index in [9.17, 15) is 0 Å². The van der Waals surface area contributed by atoms with Gasteiger partial charge in [-0.05, 0) is 53.1 Å². The Hall–Kier alpha value is -3.77. The topological polar surface area (TPSA) is 70.2 Å². The maximum atomic E-state index is 4.89. The first kappa shape index (κ1) is 18.3. The van der Waals surface area contributed by atoms with Crippen molar-refractivity contribution in [3.63, 3.8) is 0 Å². The Bertz CT molecular complexity index is 1420. The van der Waals surface area contributed by atoms with Gasteiger partial charge in [0.1, 0.15) is 5.52 Å². The molecule has 0 bridgehead atoms. The van der Waals surface area contributed by atoms with Crippen molar-refractivity contribution in [2.45, 2.75) is 6.92 Å². The number of imidazole rings is 1. The van der Waals surface area contributed by atoms with Crippen LogP contribution in [0.5, 0.6) is 0 Å². The maximum Gasteiger partial charge on any atom is 0.161 e. The third kappa shape index (κ3) is 3.07. The van der Waals surface area contributed by atoms with Gasteiger partial charge in [-0.3, -0.25) is 5.10 Å². The molecule has 0 aliphatic heterocycles. The number of fused-ring (bicyclic) bond motifs is 2. The molecule has 4 aromatic heterocycles. The monoisotopic (exact) mass is 409 g/mol. The number of para-hydroxylation sites is 1. The molecule has 6 heteroatoms. The molecule has 4 heterocycles. The predicted molar refractivity (Wildman–Crippen MR) is 125 cm³/mol. The van der Waals surface area contributed by atoms with Crippen molar-refractivity contribution in [1.82, 2.24) is 25.1 Å². The van der Waals surface area contributed by atoms with Crippen LogP contribution in [0.3, 0.4) is 0 Å². The summed E-state index contributed by atoms with van der Waals surface area (Å²) >= 11 is 1.68. The molecule has 0 radical (unpaired) electrons. The van der Waals surface area contributed by atoms with Crippen LogP contribution < -0.4 is 0 Å². The van der Waals surface area contributed by atoms with E-state index in [0.717, 1.165) is 38.9 Å². The van der Waals surface area contributed by atoms with E-state index in [-0.39, 0.29) is 0 Å². The van der Waals surface area contributed by atoms with Crippen LogP contribution in [0.15, 0.2) is 78.0 Å². The lowest BCUT2D eigenvalue weighted by atomic mass is 10.1. The molecule has 30 heavy (non-hydrogen) atoms. The molecule has 0 unspecified atom stereocenters. The second kappa shape index (κ2) is 7.57. The van der Waals surface area contributed by atoms with Gasteiger partial charge >= 0.3 is 0 Å². The molecule has 0 saturated carbocycles. The number of benzene rings is 1. The number of H-pyrrole nitrogens is 2. The molecular formula is C24H19N5S. The molecule has 5 nitrogen and oxygen atoms in total. The Morgan fingerprint density at radius 2 is 2.00 bits per heavy atom. The van der Waals surface area contributed by atoms with Crippen molar-refractivity contribution >= 4 is 39.0 Å². The summed E-state index contributed by atoms with van der Waals surface area (Å²) in [5.41, 5.74) is 8.45. The third-order valence-electron chi connectivity index (χ3n) is 5.00. The van der Waals surface area contributed by atoms with Gasteiger partial charge in [0.25, 0.3) is 0 Å². The van der Waals surface area contributed by atoms with Crippen LogP contribution in [-0.2, 0) is 0 Å². The van der Waals surface area contributed by atoms with Crippen LogP contribution in [-0.4, -0.2) is 25.1 Å². The summed E-state index contributed by atoms with van der Waals surface area (Å²) in [6.45, 7) is 5.74. The zero-order valence-electron chi connectivity index (χ0n) is 16.4. The van der Waals surface area contributed by atoms with Gasteiger partial charge in [-0.25, -0.2) is 9.97 Å². The van der Waals surface area contributed by atoms with Crippen LogP contribution in [0.25, 0.3) is 50.3 Å². The molecule has 0 atom stereocenters. The molecule has 146 valence electrons. The van der Waals surface area contributed by atoms with Crippen molar-refractivity contribution in [3.05, 3.63) is 83.7 Å². The first-order valence-corrected chi connectivity index (χ1v) is 10.6. The summed E-state index contributed by atoms with van der Waals surface area (Å²) in [5, 5.41) is 11.8. The molecule has 5 rings (SSSR count). The zero-order valence-corrected chi connectivity index (χ0v) is 17.2. The lowest BCUT2D eigenvalue weighted by Crippen LogP contribution is -1.89. The molecule has 0 saturated heterocycles. The normalized spacial score (nSPS) is 12.4. The van der Waals surface area contributed by atoms with Gasteiger partial charge in [0, 0.05) is 5.56 Å². The van der Waals surface area contributed by atoms with Crippen LogP contribution in [0, 0.1) is 0 Å². The molecule has 1 aromatic carbocycles. The minimum atomic E-state index is 0.701. The van der Waals surface area contributed by atoms with Crippen LogP contribution >= 0.6 is 11.3 Å². The number of hydrogen-bond donors (Lipinski definition) is 2. The third-order valence-corrected chi connectivity index (χ3v) is 5.68. The SMILES string of the molecule is C=C/C=C\C(=C/C)c1ccc2[nH]nc(-c3nc4c(-c5ccsc5)cccc4[nH]3)c2n1. The molecule has 0 aliphatic carbocycles. The summed E-state index contributed by atoms with van der Waals surface area (Å²) in [7, 11) is 0. The fourth-order valence-corrected chi connectivity index (χ4v) is 4.18. The summed E-state index contributed by atoms with van der Waals surface area (Å²) < 4.78 is 0. The van der Waals surface area contributed by atoms with Gasteiger partial charge in [-0.2, -0.15) is 16.4 Å². The van der Waals surface area contributed by atoms with Gasteiger partial charge in [0.2, 0.25) is 0 Å². The largest absolute Gasteiger partial charge is 0.336 e. The fourth-order valence-electron chi connectivity index (χ4n) is 3.52. The Morgan fingerprint density at radius 1 is 1.07 bits per heavy atom. The summed E-state index contributed by atoms with van der Waals surface area (Å²) in [5.74, 6) is 0.701. The number of aromatic amines is 2. The number of aromatic nitrogens is 5. The van der Waals surface area contributed by atoms with Crippen molar-refractivity contribution in [2.24, 2.45) is 0 Å². The Balaban J connectivity index is 1.65. The summed E-state index contributed by atoms with van der Waals surface area (Å²) in [4.78, 5) is 13.2. The van der Waals surface area contributed by atoms with Gasteiger partial charge in [-0.1, -0.05) is 43.0 Å². The number of hydrogen-bond acceptors (Lipinski definition) is 4. The summed E-state index contributed by atoms with van der Waals surface area (Å²) in [6.07, 6.45) is 7.69. The van der Waals surface area contributed by atoms with E-state index in [1.54, 1.807) is 17.4 Å². The molecule has 0 spiro atoms. The van der Waals surface area contributed by atoms with Gasteiger partial charge in [-0.15, -0.1) is 0 Å². The van der Waals surface area contributed by atoms with E-state index in [1.807, 2.05) is 49.4 Å². The van der Waals surface area contributed by atoms with Crippen molar-refractivity contribution in [3.8, 4) is 22.6 Å². The molecule has 0 amide bonds. The second-order valence-corrected chi connectivity index (χ2v) is 7.58. The van der Waals surface area contributed by atoms with Gasteiger partial charge < -0.3 is 4.98 Å². The number of allylic oxidation sites excluding steroid dienone is 5. The Morgan fingerprint density at radius 3 is 2.80 bits per heavy atom. The fraction of sp³-hybridized carbons (Fsp3) is 0.0417. The standard InChI is InChI=1S/C24H19N5S/c1-3-5-7-15(4-2)18-10-11-20-22(25-18)23(29-28-20)24-26-19-9-6-8-17(21(19)27-24)16-12-13-30-14-16/h3-14H,1H2,2H3,(H,26,27)(H,28,29)/b7-5-,15-4+. The Labute approximate surface area is 177 Å². The van der Waals surface area contributed by atoms with E-state index in [2.05, 4.69) is 44.7 Å². The zero-order chi connectivity index (χ0) is 20.5. The number of nitrogens with one attached hydrogen (secondary N) is 2. The van der Waals surface area contributed by atoms with E-state index in [4.69, 9.17) is 9.97 Å². The van der Waals surface area contributed by atoms with E-state index >= 15 is 0 Å². The molecular weight excluding hydrogens is 390 g/mol. The minimum Gasteiger partial charge on any atom is -0.336 e. The molecule has 0 aliphatic rings. The minimum absolute atomic E-state index is 0.701. The second-order valence-electron chi connectivity index (χ2n) is 6.80. The molecule has 0 fully saturated rings. The van der Waals surface area contributed by atoms with Gasteiger partial charge in [0.15, 0.2) is 11.5 Å². The van der Waals surface area contributed by atoms with Crippen LogP contribution in [0.2, 0.25) is 0 Å². The average Bonchev–Trinajstić information content (AvgIpc) is 3.52. The smallest absolute Gasteiger partial charge is 0.161 e. The van der Waals surface area contributed by atoms with Crippen LogP contribution in [0.1, 0.15) is 12.6 Å². The first-order chi connectivity index (χ1) is 14.8. The predicted octanol–water partition coefficient (Wildman–Crippen LogP) is 6.38. The lowest BCUT2D eigenvalue weighted by molar-refractivity contribution is 1.10. The number of rotatable bonds is 5. The number of pyridine rings is 1. The van der Waals surface area contributed by atoms with E-state index in [1.165, 1.54) is 5.56 Å². The molecule has 2 N–H and O–H groups in total. The van der Waals surface area contributed by atoms with Crippen molar-refractivity contribution in [1.29, 1.82) is 0 Å². The highest BCUT2D eigenvalue weighted by molar-refractivity contribution is 7.08.